The first-order valence-electron chi connectivity index (χ1n) is 5.61. The Kier molecular flexibility index (Phi) is 3.21. The standard InChI is InChI=1S/C13H15FN2/c14-13(5-7-16-8-6-13)9-11-1-3-12(10-15)4-2-11/h1-4,16H,5-9H2. The van der Waals surface area contributed by atoms with Gasteiger partial charge in [-0.15, -0.1) is 0 Å². The quantitative estimate of drug-likeness (QED) is 0.826. The number of alkyl halides is 1. The third-order valence-electron chi connectivity index (χ3n) is 3.10. The highest BCUT2D eigenvalue weighted by Crippen LogP contribution is 2.27. The summed E-state index contributed by atoms with van der Waals surface area (Å²) in [5.41, 5.74) is 0.532. The molecule has 2 nitrogen and oxygen atoms in total. The molecule has 1 saturated heterocycles. The molecular formula is C13H15FN2. The van der Waals surface area contributed by atoms with E-state index < -0.39 is 5.67 Å². The number of nitriles is 1. The fraction of sp³-hybridized carbons (Fsp3) is 0.462. The number of nitrogens with one attached hydrogen (secondary N) is 1. The maximum absolute atomic E-state index is 14.3. The molecule has 0 amide bonds. The number of hydrogen-bond donors (Lipinski definition) is 1. The molecule has 1 aromatic rings. The predicted molar refractivity (Wildman–Crippen MR) is 60.8 cm³/mol. The largest absolute Gasteiger partial charge is 0.316 e. The van der Waals surface area contributed by atoms with Gasteiger partial charge in [-0.1, -0.05) is 12.1 Å². The number of hydrogen-bond acceptors (Lipinski definition) is 2. The van der Waals surface area contributed by atoms with Crippen molar-refractivity contribution in [3.05, 3.63) is 35.4 Å². The van der Waals surface area contributed by atoms with Gasteiger partial charge in [0.1, 0.15) is 5.67 Å². The van der Waals surface area contributed by atoms with Gasteiger partial charge in [-0.2, -0.15) is 5.26 Å². The van der Waals surface area contributed by atoms with Crippen molar-refractivity contribution in [3.8, 4) is 6.07 Å². The van der Waals surface area contributed by atoms with E-state index in [0.29, 0.717) is 24.8 Å². The summed E-state index contributed by atoms with van der Waals surface area (Å²) in [6.45, 7) is 1.51. The Morgan fingerprint density at radius 3 is 2.44 bits per heavy atom. The molecule has 0 bridgehead atoms. The van der Waals surface area contributed by atoms with Crippen LogP contribution in [0.4, 0.5) is 4.39 Å². The van der Waals surface area contributed by atoms with E-state index in [1.54, 1.807) is 12.1 Å². The van der Waals surface area contributed by atoms with Crippen molar-refractivity contribution in [2.75, 3.05) is 13.1 Å². The summed E-state index contributed by atoms with van der Waals surface area (Å²) in [7, 11) is 0. The lowest BCUT2D eigenvalue weighted by atomic mass is 9.87. The van der Waals surface area contributed by atoms with Crippen LogP contribution in [0.1, 0.15) is 24.0 Å². The van der Waals surface area contributed by atoms with Gasteiger partial charge in [0.2, 0.25) is 0 Å². The lowest BCUT2D eigenvalue weighted by molar-refractivity contribution is 0.116. The van der Waals surface area contributed by atoms with Gasteiger partial charge in [-0.25, -0.2) is 4.39 Å². The molecule has 1 aromatic carbocycles. The molecule has 1 N–H and O–H groups in total. The van der Waals surface area contributed by atoms with Crippen LogP contribution in [0, 0.1) is 11.3 Å². The van der Waals surface area contributed by atoms with E-state index in [0.717, 1.165) is 18.7 Å². The van der Waals surface area contributed by atoms with E-state index >= 15 is 0 Å². The van der Waals surface area contributed by atoms with E-state index in [4.69, 9.17) is 5.26 Å². The Balaban J connectivity index is 2.05. The summed E-state index contributed by atoms with van der Waals surface area (Å²) in [5, 5.41) is 11.8. The lowest BCUT2D eigenvalue weighted by Crippen LogP contribution is -2.40. The van der Waals surface area contributed by atoms with E-state index in [1.165, 1.54) is 0 Å². The second-order valence-corrected chi connectivity index (χ2v) is 4.39. The van der Waals surface area contributed by atoms with Crippen LogP contribution in [0.25, 0.3) is 0 Å². The van der Waals surface area contributed by atoms with Gasteiger partial charge in [0.25, 0.3) is 0 Å². The zero-order valence-corrected chi connectivity index (χ0v) is 9.17. The Bertz CT molecular complexity index is 385. The topological polar surface area (TPSA) is 35.8 Å². The van der Waals surface area contributed by atoms with E-state index in [2.05, 4.69) is 11.4 Å². The zero-order chi connectivity index (χ0) is 11.4. The minimum Gasteiger partial charge on any atom is -0.316 e. The van der Waals surface area contributed by atoms with Crippen molar-refractivity contribution < 1.29 is 4.39 Å². The highest BCUT2D eigenvalue weighted by molar-refractivity contribution is 5.32. The number of piperidine rings is 1. The molecular weight excluding hydrogens is 203 g/mol. The molecule has 16 heavy (non-hydrogen) atoms. The first-order chi connectivity index (χ1) is 7.72. The Hall–Kier alpha value is -1.40. The molecule has 0 radical (unpaired) electrons. The second-order valence-electron chi connectivity index (χ2n) is 4.39. The number of benzene rings is 1. The maximum Gasteiger partial charge on any atom is 0.117 e. The fourth-order valence-corrected chi connectivity index (χ4v) is 2.11. The van der Waals surface area contributed by atoms with Crippen molar-refractivity contribution in [2.24, 2.45) is 0 Å². The SMILES string of the molecule is N#Cc1ccc(CC2(F)CCNCC2)cc1. The van der Waals surface area contributed by atoms with Gasteiger partial charge in [-0.3, -0.25) is 0 Å². The predicted octanol–water partition coefficient (Wildman–Crippen LogP) is 2.19. The van der Waals surface area contributed by atoms with Crippen molar-refractivity contribution in [1.29, 1.82) is 5.26 Å². The summed E-state index contributed by atoms with van der Waals surface area (Å²) in [6.07, 6.45) is 1.61. The second kappa shape index (κ2) is 4.63. The molecule has 0 aromatic heterocycles. The summed E-state index contributed by atoms with van der Waals surface area (Å²) < 4.78 is 14.3. The Morgan fingerprint density at radius 2 is 1.88 bits per heavy atom. The summed E-state index contributed by atoms with van der Waals surface area (Å²) in [4.78, 5) is 0. The highest BCUT2D eigenvalue weighted by Gasteiger charge is 2.31. The third kappa shape index (κ3) is 2.59. The molecule has 1 fully saturated rings. The van der Waals surface area contributed by atoms with Crippen LogP contribution in [-0.2, 0) is 6.42 Å². The first kappa shape index (κ1) is 11.1. The van der Waals surface area contributed by atoms with Crippen molar-refractivity contribution in [3.63, 3.8) is 0 Å². The fourth-order valence-electron chi connectivity index (χ4n) is 2.11. The Morgan fingerprint density at radius 1 is 1.25 bits per heavy atom. The van der Waals surface area contributed by atoms with Gasteiger partial charge in [0.15, 0.2) is 0 Å². The van der Waals surface area contributed by atoms with Crippen LogP contribution in [-0.4, -0.2) is 18.8 Å². The highest BCUT2D eigenvalue weighted by atomic mass is 19.1. The number of nitrogens with zero attached hydrogens (tertiary/aromatic N) is 1. The molecule has 1 heterocycles. The maximum atomic E-state index is 14.3. The molecule has 1 aliphatic heterocycles. The molecule has 1 aliphatic rings. The third-order valence-corrected chi connectivity index (χ3v) is 3.10. The molecule has 0 saturated carbocycles. The summed E-state index contributed by atoms with van der Waals surface area (Å²) in [6, 6.07) is 9.26. The van der Waals surface area contributed by atoms with Gasteiger partial charge in [0.05, 0.1) is 11.6 Å². The van der Waals surface area contributed by atoms with Crippen LogP contribution in [0.5, 0.6) is 0 Å². The van der Waals surface area contributed by atoms with Crippen molar-refractivity contribution in [2.45, 2.75) is 24.9 Å². The van der Waals surface area contributed by atoms with Crippen molar-refractivity contribution in [1.82, 2.24) is 5.32 Å². The monoisotopic (exact) mass is 218 g/mol. The molecule has 0 spiro atoms. The van der Waals surface area contributed by atoms with Gasteiger partial charge < -0.3 is 5.32 Å². The van der Waals surface area contributed by atoms with Crippen LogP contribution in [0.2, 0.25) is 0 Å². The number of rotatable bonds is 2. The normalized spacial score (nSPS) is 19.0. The summed E-state index contributed by atoms with van der Waals surface area (Å²) in [5.74, 6) is 0. The zero-order valence-electron chi connectivity index (χ0n) is 9.17. The number of halogens is 1. The van der Waals surface area contributed by atoms with E-state index in [-0.39, 0.29) is 0 Å². The molecule has 0 atom stereocenters. The minimum atomic E-state index is -1.07. The summed E-state index contributed by atoms with van der Waals surface area (Å²) >= 11 is 0. The van der Waals surface area contributed by atoms with Crippen molar-refractivity contribution >= 4 is 0 Å². The van der Waals surface area contributed by atoms with Gasteiger partial charge in [-0.05, 0) is 43.6 Å². The lowest BCUT2D eigenvalue weighted by Gasteiger charge is -2.30. The average molecular weight is 218 g/mol. The first-order valence-corrected chi connectivity index (χ1v) is 5.61. The van der Waals surface area contributed by atoms with Crippen LogP contribution < -0.4 is 5.32 Å². The molecule has 0 unspecified atom stereocenters. The van der Waals surface area contributed by atoms with Crippen LogP contribution in [0.3, 0.4) is 0 Å². The van der Waals surface area contributed by atoms with Gasteiger partial charge >= 0.3 is 0 Å². The van der Waals surface area contributed by atoms with Crippen LogP contribution in [0.15, 0.2) is 24.3 Å². The van der Waals surface area contributed by atoms with E-state index in [1.807, 2.05) is 12.1 Å². The minimum absolute atomic E-state index is 0.459. The smallest absolute Gasteiger partial charge is 0.117 e. The van der Waals surface area contributed by atoms with Crippen LogP contribution >= 0.6 is 0 Å². The van der Waals surface area contributed by atoms with Gasteiger partial charge in [0, 0.05) is 6.42 Å². The molecule has 2 rings (SSSR count). The molecule has 3 heteroatoms. The average Bonchev–Trinajstić information content (AvgIpc) is 2.30. The van der Waals surface area contributed by atoms with E-state index in [9.17, 15) is 4.39 Å². The Labute approximate surface area is 95.1 Å². The molecule has 84 valence electrons. The molecule has 0 aliphatic carbocycles.